The number of unbranched alkanes of at least 4 members (excludes halogenated alkanes) is 1. The highest BCUT2D eigenvalue weighted by Gasteiger charge is 2.42. The summed E-state index contributed by atoms with van der Waals surface area (Å²) in [5.41, 5.74) is 3.88. The zero-order valence-corrected chi connectivity index (χ0v) is 12.2. The zero-order valence-electron chi connectivity index (χ0n) is 12.2. The van der Waals surface area contributed by atoms with Crippen molar-refractivity contribution < 1.29 is 14.5 Å². The lowest BCUT2D eigenvalue weighted by molar-refractivity contribution is -0.439. The van der Waals surface area contributed by atoms with Crippen LogP contribution in [-0.4, -0.2) is 27.9 Å². The number of aromatic carboxylic acids is 1. The minimum absolute atomic E-state index is 0.0888. The molecule has 3 heteroatoms. The Morgan fingerprint density at radius 1 is 1.37 bits per heavy atom. The van der Waals surface area contributed by atoms with Crippen molar-refractivity contribution in [2.45, 2.75) is 46.0 Å². The number of carbonyl (C=O) groups is 1. The molecule has 0 saturated heterocycles. The van der Waals surface area contributed by atoms with Crippen LogP contribution >= 0.6 is 0 Å². The van der Waals surface area contributed by atoms with E-state index in [0.29, 0.717) is 5.56 Å². The third kappa shape index (κ3) is 2.18. The highest BCUT2D eigenvalue weighted by Crippen LogP contribution is 2.40. The fourth-order valence-corrected chi connectivity index (χ4v) is 2.72. The van der Waals surface area contributed by atoms with Gasteiger partial charge in [0.25, 0.3) is 0 Å². The third-order valence-corrected chi connectivity index (χ3v) is 4.25. The lowest BCUT2D eigenvalue weighted by atomic mass is 9.81. The van der Waals surface area contributed by atoms with Crippen molar-refractivity contribution in [2.75, 3.05) is 6.54 Å². The predicted molar refractivity (Wildman–Crippen MR) is 76.8 cm³/mol. The third-order valence-electron chi connectivity index (χ3n) is 4.25. The first-order valence-corrected chi connectivity index (χ1v) is 6.89. The second kappa shape index (κ2) is 4.80. The quantitative estimate of drug-likeness (QED) is 0.840. The Labute approximate surface area is 114 Å². The van der Waals surface area contributed by atoms with Crippen molar-refractivity contribution in [1.29, 1.82) is 0 Å². The fraction of sp³-hybridized carbons (Fsp3) is 0.500. The molecule has 0 atom stereocenters. The maximum Gasteiger partial charge on any atom is 0.335 e. The predicted octanol–water partition coefficient (Wildman–Crippen LogP) is 3.58. The van der Waals surface area contributed by atoms with E-state index in [4.69, 9.17) is 5.11 Å². The lowest BCUT2D eigenvalue weighted by Crippen LogP contribution is -2.26. The Bertz CT molecular complexity index is 556. The fourth-order valence-electron chi connectivity index (χ4n) is 2.72. The average Bonchev–Trinajstić information content (AvgIpc) is 2.56. The molecule has 0 bridgehead atoms. The van der Waals surface area contributed by atoms with E-state index >= 15 is 0 Å². The summed E-state index contributed by atoms with van der Waals surface area (Å²) in [6.45, 7) is 9.67. The van der Waals surface area contributed by atoms with Crippen LogP contribution in [0.4, 0.5) is 5.69 Å². The molecular weight excluding hydrogens is 238 g/mol. The molecule has 0 amide bonds. The van der Waals surface area contributed by atoms with Crippen LogP contribution in [0.25, 0.3) is 0 Å². The number of carboxylic acid groups (broad SMARTS) is 1. The van der Waals surface area contributed by atoms with E-state index in [1.165, 1.54) is 11.4 Å². The standard InChI is InChI=1S/C16H21NO2/c1-5-6-9-17-11(2)16(3,4)13-10-12(15(18)19)7-8-14(13)17/h7-8,10H,5-6,9H2,1-4H3/p+1. The molecule has 1 aromatic carbocycles. The van der Waals surface area contributed by atoms with E-state index < -0.39 is 5.97 Å². The normalized spacial score (nSPS) is 16.6. The van der Waals surface area contributed by atoms with Crippen molar-refractivity contribution in [3.05, 3.63) is 29.3 Å². The number of fused-ring (bicyclic) bond motifs is 1. The lowest BCUT2D eigenvalue weighted by Gasteiger charge is -2.15. The maximum absolute atomic E-state index is 11.1. The van der Waals surface area contributed by atoms with Crippen LogP contribution in [0.3, 0.4) is 0 Å². The van der Waals surface area contributed by atoms with E-state index in [1.54, 1.807) is 6.07 Å². The summed E-state index contributed by atoms with van der Waals surface area (Å²) < 4.78 is 2.34. The summed E-state index contributed by atoms with van der Waals surface area (Å²) in [7, 11) is 0. The molecule has 3 nitrogen and oxygen atoms in total. The molecule has 102 valence electrons. The molecule has 1 aliphatic rings. The topological polar surface area (TPSA) is 40.3 Å². The largest absolute Gasteiger partial charge is 0.478 e. The van der Waals surface area contributed by atoms with Crippen LogP contribution in [-0.2, 0) is 5.41 Å². The number of nitrogens with zero attached hydrogens (tertiary/aromatic N) is 1. The van der Waals surface area contributed by atoms with Crippen LogP contribution in [0, 0.1) is 0 Å². The van der Waals surface area contributed by atoms with Gasteiger partial charge < -0.3 is 5.11 Å². The zero-order chi connectivity index (χ0) is 14.2. The van der Waals surface area contributed by atoms with Gasteiger partial charge in [-0.05, 0) is 26.0 Å². The number of hydrogen-bond donors (Lipinski definition) is 1. The number of rotatable bonds is 4. The van der Waals surface area contributed by atoms with Crippen LogP contribution in [0.2, 0.25) is 0 Å². The number of hydrogen-bond acceptors (Lipinski definition) is 1. The van der Waals surface area contributed by atoms with E-state index in [1.807, 2.05) is 12.1 Å². The molecule has 0 radical (unpaired) electrons. The van der Waals surface area contributed by atoms with Gasteiger partial charge in [0, 0.05) is 25.0 Å². The van der Waals surface area contributed by atoms with Gasteiger partial charge in [-0.2, -0.15) is 4.58 Å². The number of benzene rings is 1. The first-order chi connectivity index (χ1) is 8.89. The molecule has 1 N–H and O–H groups in total. The molecule has 1 aliphatic heterocycles. The van der Waals surface area contributed by atoms with Gasteiger partial charge in [-0.1, -0.05) is 13.3 Å². The van der Waals surface area contributed by atoms with Gasteiger partial charge in [0.2, 0.25) is 5.69 Å². The second-order valence-corrected chi connectivity index (χ2v) is 5.75. The molecule has 0 spiro atoms. The van der Waals surface area contributed by atoms with Gasteiger partial charge in [0.15, 0.2) is 5.71 Å². The van der Waals surface area contributed by atoms with E-state index in [2.05, 4.69) is 32.3 Å². The van der Waals surface area contributed by atoms with Gasteiger partial charge in [-0.25, -0.2) is 4.79 Å². The average molecular weight is 260 g/mol. The van der Waals surface area contributed by atoms with Crippen molar-refractivity contribution in [3.63, 3.8) is 0 Å². The van der Waals surface area contributed by atoms with Crippen LogP contribution < -0.4 is 0 Å². The van der Waals surface area contributed by atoms with E-state index in [-0.39, 0.29) is 5.41 Å². The minimum Gasteiger partial charge on any atom is -0.478 e. The number of carboxylic acids is 1. The molecule has 0 fully saturated rings. The van der Waals surface area contributed by atoms with Gasteiger partial charge in [-0.15, -0.1) is 0 Å². The Morgan fingerprint density at radius 3 is 2.63 bits per heavy atom. The van der Waals surface area contributed by atoms with E-state index in [0.717, 1.165) is 24.9 Å². The summed E-state index contributed by atoms with van der Waals surface area (Å²) in [5, 5.41) is 9.14. The first kappa shape index (κ1) is 13.8. The maximum atomic E-state index is 11.1. The van der Waals surface area contributed by atoms with Gasteiger partial charge in [0.05, 0.1) is 11.0 Å². The minimum atomic E-state index is -0.858. The highest BCUT2D eigenvalue weighted by atomic mass is 16.4. The Hall–Kier alpha value is -1.64. The molecule has 19 heavy (non-hydrogen) atoms. The van der Waals surface area contributed by atoms with Crippen molar-refractivity contribution in [3.8, 4) is 0 Å². The molecule has 2 rings (SSSR count). The Kier molecular flexibility index (Phi) is 3.48. The Balaban J connectivity index is 2.52. The Morgan fingerprint density at radius 2 is 2.05 bits per heavy atom. The van der Waals surface area contributed by atoms with Crippen LogP contribution in [0.1, 0.15) is 56.5 Å². The summed E-state index contributed by atoms with van der Waals surface area (Å²) in [4.78, 5) is 11.1. The van der Waals surface area contributed by atoms with Crippen molar-refractivity contribution >= 4 is 17.4 Å². The first-order valence-electron chi connectivity index (χ1n) is 6.89. The molecular formula is C16H22NO2+. The van der Waals surface area contributed by atoms with Crippen molar-refractivity contribution in [1.82, 2.24) is 0 Å². The molecule has 0 aromatic heterocycles. The molecule has 0 saturated carbocycles. The highest BCUT2D eigenvalue weighted by molar-refractivity contribution is 5.95. The molecule has 1 aromatic rings. The van der Waals surface area contributed by atoms with Crippen LogP contribution in [0.15, 0.2) is 18.2 Å². The molecule has 0 aliphatic carbocycles. The summed E-state index contributed by atoms with van der Waals surface area (Å²) in [5.74, 6) is -0.858. The summed E-state index contributed by atoms with van der Waals surface area (Å²) in [6, 6.07) is 5.48. The monoisotopic (exact) mass is 260 g/mol. The van der Waals surface area contributed by atoms with Gasteiger partial charge >= 0.3 is 5.97 Å². The smallest absolute Gasteiger partial charge is 0.335 e. The van der Waals surface area contributed by atoms with Gasteiger partial charge in [0.1, 0.15) is 6.54 Å². The SMILES string of the molecule is CCCC[N+]1=C(C)C(C)(C)c2cc(C(=O)O)ccc21. The van der Waals surface area contributed by atoms with Crippen molar-refractivity contribution in [2.24, 2.45) is 0 Å². The molecule has 1 heterocycles. The summed E-state index contributed by atoms with van der Waals surface area (Å²) in [6.07, 6.45) is 2.31. The summed E-state index contributed by atoms with van der Waals surface area (Å²) >= 11 is 0. The van der Waals surface area contributed by atoms with E-state index in [9.17, 15) is 4.79 Å². The molecule has 0 unspecified atom stereocenters. The second-order valence-electron chi connectivity index (χ2n) is 5.75. The van der Waals surface area contributed by atoms with Crippen LogP contribution in [0.5, 0.6) is 0 Å². The van der Waals surface area contributed by atoms with Gasteiger partial charge in [-0.3, -0.25) is 0 Å².